The van der Waals surface area contributed by atoms with Gasteiger partial charge in [-0.3, -0.25) is 0 Å². The lowest BCUT2D eigenvalue weighted by molar-refractivity contribution is 0.0603. The van der Waals surface area contributed by atoms with Crippen LogP contribution in [-0.2, 0) is 10.1 Å². The lowest BCUT2D eigenvalue weighted by atomic mass is 10.1. The summed E-state index contributed by atoms with van der Waals surface area (Å²) < 4.78 is 6.84. The van der Waals surface area contributed by atoms with E-state index in [2.05, 4.69) is 50.0 Å². The van der Waals surface area contributed by atoms with E-state index in [1.807, 2.05) is 6.07 Å². The van der Waals surface area contributed by atoms with Crippen LogP contribution in [0.4, 0.5) is 0 Å². The highest BCUT2D eigenvalue weighted by molar-refractivity contribution is 14.1. The van der Waals surface area contributed by atoms with Crippen molar-refractivity contribution in [3.63, 3.8) is 0 Å². The summed E-state index contributed by atoms with van der Waals surface area (Å²) in [5.74, 6) is -0.272. The first-order chi connectivity index (χ1) is 7.67. The van der Waals surface area contributed by atoms with E-state index in [-0.39, 0.29) is 5.97 Å². The van der Waals surface area contributed by atoms with Crippen molar-refractivity contribution in [3.05, 3.63) is 32.2 Å². The number of hydrogen-bond donors (Lipinski definition) is 0. The van der Waals surface area contributed by atoms with E-state index >= 15 is 0 Å². The molecule has 2 nitrogen and oxygen atoms in total. The lowest BCUT2D eigenvalue weighted by Gasteiger charge is -2.03. The molecule has 0 spiro atoms. The van der Waals surface area contributed by atoms with Crippen molar-refractivity contribution in [2.75, 3.05) is 7.11 Å². The van der Waals surface area contributed by atoms with Crippen LogP contribution < -0.4 is 0 Å². The summed E-state index contributed by atoms with van der Waals surface area (Å²) in [6, 6.07) is 3.96. The maximum absolute atomic E-state index is 11.6. The fraction of sp³-hybridized carbons (Fsp3) is 0.182. The van der Waals surface area contributed by atoms with Crippen molar-refractivity contribution in [1.82, 2.24) is 0 Å². The largest absolute Gasteiger partial charge is 0.465 e. The molecule has 0 aliphatic heterocycles. The quantitative estimate of drug-likeness (QED) is 0.421. The molecule has 0 radical (unpaired) electrons. The summed E-state index contributed by atoms with van der Waals surface area (Å²) in [6.07, 6.45) is 0. The molecule has 16 heavy (non-hydrogen) atoms. The summed E-state index contributed by atoms with van der Waals surface area (Å²) in [4.78, 5) is 11.6. The van der Waals surface area contributed by atoms with Crippen LogP contribution in [0.3, 0.4) is 0 Å². The van der Waals surface area contributed by atoms with Gasteiger partial charge in [-0.05, 0) is 51.1 Å². The summed E-state index contributed by atoms with van der Waals surface area (Å²) in [5, 5.41) is 4.00. The number of hydrogen-bond acceptors (Lipinski definition) is 3. The zero-order valence-corrected chi connectivity index (χ0v) is 13.0. The molecule has 0 atom stereocenters. The number of rotatable bonds is 2. The average Bonchev–Trinajstić information content (AvgIpc) is 2.69. The van der Waals surface area contributed by atoms with Crippen LogP contribution in [0, 0.1) is 3.57 Å². The summed E-state index contributed by atoms with van der Waals surface area (Å²) in [6.45, 7) is 0. The van der Waals surface area contributed by atoms with Crippen molar-refractivity contribution < 1.29 is 9.53 Å². The van der Waals surface area contributed by atoms with Gasteiger partial charge < -0.3 is 4.74 Å². The number of esters is 1. The number of ether oxygens (including phenoxy) is 1. The number of halogens is 2. The molecule has 1 aromatic carbocycles. The number of fused-ring (bicyclic) bond motifs is 1. The van der Waals surface area contributed by atoms with E-state index in [9.17, 15) is 4.79 Å². The molecule has 0 bridgehead atoms. The van der Waals surface area contributed by atoms with Gasteiger partial charge in [0.15, 0.2) is 0 Å². The minimum atomic E-state index is -0.272. The second-order valence-electron chi connectivity index (χ2n) is 3.22. The van der Waals surface area contributed by atoms with Gasteiger partial charge in [-0.25, -0.2) is 4.79 Å². The Hall–Kier alpha value is -0.140. The van der Waals surface area contributed by atoms with E-state index < -0.39 is 0 Å². The number of carbonyl (C=O) groups is 1. The first-order valence-corrected chi connectivity index (χ1v) is 7.59. The Bertz CT molecular complexity index is 550. The number of benzene rings is 1. The van der Waals surface area contributed by atoms with Gasteiger partial charge in [-0.2, -0.15) is 0 Å². The predicted molar refractivity (Wildman–Crippen MR) is 78.5 cm³/mol. The third kappa shape index (κ3) is 2.12. The standard InChI is InChI=1S/C11H8BrIO2S/c1-15-11(14)9-3-7(13)2-8-6(4-12)5-16-10(8)9/h2-3,5H,4H2,1H3. The summed E-state index contributed by atoms with van der Waals surface area (Å²) in [5.41, 5.74) is 1.87. The van der Waals surface area contributed by atoms with Gasteiger partial charge in [0.1, 0.15) is 0 Å². The molecule has 0 saturated carbocycles. The molecule has 2 rings (SSSR count). The first-order valence-electron chi connectivity index (χ1n) is 4.51. The summed E-state index contributed by atoms with van der Waals surface area (Å²) >= 11 is 7.25. The van der Waals surface area contributed by atoms with E-state index in [1.165, 1.54) is 12.7 Å². The Labute approximate surface area is 119 Å². The predicted octanol–water partition coefficient (Wildman–Crippen LogP) is 4.19. The second-order valence-corrected chi connectivity index (χ2v) is 5.90. The maximum atomic E-state index is 11.6. The molecule has 0 N–H and O–H groups in total. The maximum Gasteiger partial charge on any atom is 0.339 e. The number of carbonyl (C=O) groups excluding carboxylic acids is 1. The van der Waals surface area contributed by atoms with E-state index in [4.69, 9.17) is 4.74 Å². The summed E-state index contributed by atoms with van der Waals surface area (Å²) in [7, 11) is 1.41. The first kappa shape index (κ1) is 12.3. The van der Waals surface area contributed by atoms with Crippen molar-refractivity contribution in [2.45, 2.75) is 5.33 Å². The molecule has 0 amide bonds. The molecule has 84 valence electrons. The lowest BCUT2D eigenvalue weighted by Crippen LogP contribution is -2.01. The molecule has 0 aliphatic carbocycles. The van der Waals surface area contributed by atoms with Gasteiger partial charge >= 0.3 is 5.97 Å². The monoisotopic (exact) mass is 410 g/mol. The zero-order chi connectivity index (χ0) is 11.7. The van der Waals surface area contributed by atoms with Gasteiger partial charge in [-0.1, -0.05) is 15.9 Å². The van der Waals surface area contributed by atoms with Crippen molar-refractivity contribution in [1.29, 1.82) is 0 Å². The Balaban J connectivity index is 2.74. The van der Waals surface area contributed by atoms with Crippen molar-refractivity contribution >= 4 is 65.9 Å². The Kier molecular flexibility index (Phi) is 3.86. The van der Waals surface area contributed by atoms with Crippen LogP contribution in [-0.4, -0.2) is 13.1 Å². The van der Waals surface area contributed by atoms with Crippen LogP contribution in [0.25, 0.3) is 10.1 Å². The normalized spacial score (nSPS) is 10.7. The topological polar surface area (TPSA) is 26.3 Å². The molecule has 5 heteroatoms. The van der Waals surface area contributed by atoms with Gasteiger partial charge in [-0.15, -0.1) is 11.3 Å². The molecule has 0 aliphatic rings. The minimum Gasteiger partial charge on any atom is -0.465 e. The molecule has 1 aromatic heterocycles. The number of thiophene rings is 1. The molecular weight excluding hydrogens is 403 g/mol. The highest BCUT2D eigenvalue weighted by Gasteiger charge is 2.15. The fourth-order valence-corrected chi connectivity index (χ4v) is 3.88. The second kappa shape index (κ2) is 5.01. The SMILES string of the molecule is COC(=O)c1cc(I)cc2c(CBr)csc12. The highest BCUT2D eigenvalue weighted by Crippen LogP contribution is 2.32. The Morgan fingerprint density at radius 3 is 2.94 bits per heavy atom. The van der Waals surface area contributed by atoms with Gasteiger partial charge in [0.2, 0.25) is 0 Å². The highest BCUT2D eigenvalue weighted by atomic mass is 127. The molecule has 0 unspecified atom stereocenters. The van der Waals surface area contributed by atoms with Crippen LogP contribution in [0.15, 0.2) is 17.5 Å². The Morgan fingerprint density at radius 2 is 2.31 bits per heavy atom. The van der Waals surface area contributed by atoms with Gasteiger partial charge in [0.25, 0.3) is 0 Å². The van der Waals surface area contributed by atoms with Gasteiger partial charge in [0, 0.05) is 13.6 Å². The molecule has 2 aromatic rings. The van der Waals surface area contributed by atoms with E-state index in [0.29, 0.717) is 5.56 Å². The average molecular weight is 411 g/mol. The number of methoxy groups -OCH3 is 1. The Morgan fingerprint density at radius 1 is 1.56 bits per heavy atom. The van der Waals surface area contributed by atoms with E-state index in [0.717, 1.165) is 19.0 Å². The van der Waals surface area contributed by atoms with Crippen molar-refractivity contribution in [2.24, 2.45) is 0 Å². The molecule has 0 fully saturated rings. The van der Waals surface area contributed by atoms with Crippen LogP contribution in [0.5, 0.6) is 0 Å². The molecule has 0 saturated heterocycles. The molecular formula is C11H8BrIO2S. The van der Waals surface area contributed by atoms with E-state index in [1.54, 1.807) is 11.3 Å². The van der Waals surface area contributed by atoms with Crippen LogP contribution in [0.2, 0.25) is 0 Å². The molecule has 1 heterocycles. The third-order valence-electron chi connectivity index (χ3n) is 2.27. The number of alkyl halides is 1. The fourth-order valence-electron chi connectivity index (χ4n) is 1.52. The van der Waals surface area contributed by atoms with Crippen LogP contribution >= 0.6 is 49.9 Å². The van der Waals surface area contributed by atoms with Crippen LogP contribution in [0.1, 0.15) is 15.9 Å². The third-order valence-corrected chi connectivity index (χ3v) is 4.57. The van der Waals surface area contributed by atoms with Gasteiger partial charge in [0.05, 0.1) is 12.7 Å². The minimum absolute atomic E-state index is 0.272. The van der Waals surface area contributed by atoms with Crippen molar-refractivity contribution in [3.8, 4) is 0 Å². The smallest absolute Gasteiger partial charge is 0.339 e. The zero-order valence-electron chi connectivity index (χ0n) is 8.42.